The molecular weight excluding hydrogens is 456 g/mol. The highest BCUT2D eigenvalue weighted by Gasteiger charge is 2.30. The van der Waals surface area contributed by atoms with E-state index >= 15 is 0 Å². The van der Waals surface area contributed by atoms with E-state index in [2.05, 4.69) is 20.9 Å². The fourth-order valence-corrected chi connectivity index (χ4v) is 3.00. The van der Waals surface area contributed by atoms with Gasteiger partial charge in [-0.1, -0.05) is 0 Å². The van der Waals surface area contributed by atoms with E-state index in [4.69, 9.17) is 22.9 Å². The smallest absolute Gasteiger partial charge is 0.326 e. The maximum atomic E-state index is 12.9. The number of primary amides is 1. The Hall–Kier alpha value is -3.07. The SMILES string of the molecule is CSCCC(NC(=O)C(CCCN=C(N)N)NC(=O)C(C)N)C(=O)NC(CC(N)=O)C(=O)O. The molecule has 0 saturated carbocycles. The van der Waals surface area contributed by atoms with Crippen LogP contribution in [0.15, 0.2) is 4.99 Å². The fourth-order valence-electron chi connectivity index (χ4n) is 2.53. The summed E-state index contributed by atoms with van der Waals surface area (Å²) in [6, 6.07) is -4.58. The average Bonchev–Trinajstić information content (AvgIpc) is 2.71. The molecule has 0 spiro atoms. The van der Waals surface area contributed by atoms with E-state index in [1.54, 1.807) is 6.26 Å². The van der Waals surface area contributed by atoms with E-state index < -0.39 is 60.2 Å². The van der Waals surface area contributed by atoms with Crippen LogP contribution in [0, 0.1) is 0 Å². The number of hydrogen-bond donors (Lipinski definition) is 8. The highest BCUT2D eigenvalue weighted by molar-refractivity contribution is 7.98. The Balaban J connectivity index is 5.44. The predicted molar refractivity (Wildman–Crippen MR) is 124 cm³/mol. The van der Waals surface area contributed by atoms with E-state index in [1.807, 2.05) is 0 Å². The molecule has 0 aliphatic rings. The van der Waals surface area contributed by atoms with Crippen LogP contribution in [0.5, 0.6) is 0 Å². The largest absolute Gasteiger partial charge is 0.480 e. The van der Waals surface area contributed by atoms with Gasteiger partial charge < -0.3 is 44.0 Å². The Kier molecular flexibility index (Phi) is 14.2. The van der Waals surface area contributed by atoms with Crippen LogP contribution in [-0.4, -0.2) is 83.4 Å². The number of carboxylic acids is 1. The van der Waals surface area contributed by atoms with Crippen LogP contribution in [0.2, 0.25) is 0 Å². The molecule has 0 bridgehead atoms. The van der Waals surface area contributed by atoms with Crippen molar-refractivity contribution in [3.8, 4) is 0 Å². The van der Waals surface area contributed by atoms with Gasteiger partial charge >= 0.3 is 5.97 Å². The third kappa shape index (κ3) is 13.2. The summed E-state index contributed by atoms with van der Waals surface area (Å²) < 4.78 is 0. The van der Waals surface area contributed by atoms with Gasteiger partial charge in [-0.15, -0.1) is 0 Å². The molecule has 0 aromatic heterocycles. The average molecular weight is 491 g/mol. The molecule has 0 saturated heterocycles. The molecule has 4 unspecified atom stereocenters. The van der Waals surface area contributed by atoms with E-state index in [1.165, 1.54) is 18.7 Å². The standard InChI is InChI=1S/C18H34N8O6S/c1-9(19)14(28)24-10(4-3-6-23-18(21)22)15(29)25-11(5-7-33-2)16(30)26-12(17(31)32)8-13(20)27/h9-12H,3-8,19H2,1-2H3,(H2,20,27)(H,24,28)(H,25,29)(H,26,30)(H,31,32)(H4,21,22,23). The molecule has 0 rings (SSSR count). The molecule has 0 aliphatic carbocycles. The molecule has 33 heavy (non-hydrogen) atoms. The number of guanidine groups is 1. The summed E-state index contributed by atoms with van der Waals surface area (Å²) in [4.78, 5) is 63.8. The molecule has 0 aromatic carbocycles. The fraction of sp³-hybridized carbons (Fsp3) is 0.667. The number of aliphatic carboxylic acids is 1. The van der Waals surface area contributed by atoms with Crippen LogP contribution in [0.25, 0.3) is 0 Å². The van der Waals surface area contributed by atoms with Crippen molar-refractivity contribution in [2.24, 2.45) is 27.9 Å². The summed E-state index contributed by atoms with van der Waals surface area (Å²) in [7, 11) is 0. The van der Waals surface area contributed by atoms with Crippen LogP contribution in [0.1, 0.15) is 32.6 Å². The van der Waals surface area contributed by atoms with Crippen molar-refractivity contribution >= 4 is 47.3 Å². The summed E-state index contributed by atoms with van der Waals surface area (Å²) in [6.07, 6.45) is 1.85. The minimum Gasteiger partial charge on any atom is -0.480 e. The lowest BCUT2D eigenvalue weighted by atomic mass is 10.1. The normalized spacial score (nSPS) is 14.2. The second-order valence-electron chi connectivity index (χ2n) is 7.21. The number of hydrogen-bond acceptors (Lipinski definition) is 8. The van der Waals surface area contributed by atoms with Gasteiger partial charge in [0, 0.05) is 6.54 Å². The Morgan fingerprint density at radius 1 is 0.909 bits per heavy atom. The van der Waals surface area contributed by atoms with E-state index in [0.29, 0.717) is 12.2 Å². The molecule has 12 N–H and O–H groups in total. The molecule has 15 heteroatoms. The van der Waals surface area contributed by atoms with Gasteiger partial charge in [0.1, 0.15) is 18.1 Å². The predicted octanol–water partition coefficient (Wildman–Crippen LogP) is -3.45. The van der Waals surface area contributed by atoms with Crippen LogP contribution in [0.3, 0.4) is 0 Å². The van der Waals surface area contributed by atoms with Gasteiger partial charge in [-0.3, -0.25) is 24.2 Å². The number of nitrogens with zero attached hydrogens (tertiary/aromatic N) is 1. The highest BCUT2D eigenvalue weighted by atomic mass is 32.2. The number of rotatable bonds is 16. The van der Waals surface area contributed by atoms with Gasteiger partial charge in [0.25, 0.3) is 0 Å². The van der Waals surface area contributed by atoms with E-state index in [-0.39, 0.29) is 25.3 Å². The first-order valence-corrected chi connectivity index (χ1v) is 11.5. The first kappa shape index (κ1) is 29.9. The topological polar surface area (TPSA) is 258 Å². The Morgan fingerprint density at radius 3 is 1.88 bits per heavy atom. The Morgan fingerprint density at radius 2 is 1.42 bits per heavy atom. The molecule has 0 fully saturated rings. The van der Waals surface area contributed by atoms with E-state index in [0.717, 1.165) is 0 Å². The van der Waals surface area contributed by atoms with Gasteiger partial charge in [0.2, 0.25) is 23.6 Å². The van der Waals surface area contributed by atoms with Gasteiger partial charge in [-0.25, -0.2) is 4.79 Å². The number of carbonyl (C=O) groups is 5. The quantitative estimate of drug-likeness (QED) is 0.0602. The second-order valence-corrected chi connectivity index (χ2v) is 8.20. The third-order valence-electron chi connectivity index (χ3n) is 4.26. The van der Waals surface area contributed by atoms with Crippen LogP contribution >= 0.6 is 11.8 Å². The van der Waals surface area contributed by atoms with Gasteiger partial charge in [-0.2, -0.15) is 11.8 Å². The number of aliphatic imine (C=N–C) groups is 1. The van der Waals surface area contributed by atoms with Gasteiger partial charge in [-0.05, 0) is 38.2 Å². The zero-order valence-corrected chi connectivity index (χ0v) is 19.5. The summed E-state index contributed by atoms with van der Waals surface area (Å²) >= 11 is 1.41. The van der Waals surface area contributed by atoms with Crippen molar-refractivity contribution in [2.45, 2.75) is 56.8 Å². The lowest BCUT2D eigenvalue weighted by Gasteiger charge is -2.24. The molecule has 4 amide bonds. The molecule has 0 aromatic rings. The summed E-state index contributed by atoms with van der Waals surface area (Å²) in [5, 5.41) is 16.5. The van der Waals surface area contributed by atoms with Crippen molar-refractivity contribution in [2.75, 3.05) is 18.6 Å². The minimum absolute atomic E-state index is 0.117. The van der Waals surface area contributed by atoms with E-state index in [9.17, 15) is 29.1 Å². The summed E-state index contributed by atoms with van der Waals surface area (Å²) in [6.45, 7) is 1.66. The van der Waals surface area contributed by atoms with Crippen molar-refractivity contribution < 1.29 is 29.1 Å². The number of carbonyl (C=O) groups excluding carboxylic acids is 4. The number of thioether (sulfide) groups is 1. The third-order valence-corrected chi connectivity index (χ3v) is 4.90. The number of nitrogens with one attached hydrogen (secondary N) is 3. The molecule has 0 aliphatic heterocycles. The van der Waals surface area contributed by atoms with Gasteiger partial charge in [0.05, 0.1) is 12.5 Å². The lowest BCUT2D eigenvalue weighted by Crippen LogP contribution is -2.57. The van der Waals surface area contributed by atoms with Crippen LogP contribution in [0.4, 0.5) is 0 Å². The van der Waals surface area contributed by atoms with Gasteiger partial charge in [0.15, 0.2) is 5.96 Å². The van der Waals surface area contributed by atoms with Crippen molar-refractivity contribution in [3.63, 3.8) is 0 Å². The molecule has 0 heterocycles. The first-order valence-electron chi connectivity index (χ1n) is 10.1. The molecule has 0 radical (unpaired) electrons. The van der Waals surface area contributed by atoms with Crippen molar-refractivity contribution in [1.29, 1.82) is 0 Å². The maximum Gasteiger partial charge on any atom is 0.326 e. The highest BCUT2D eigenvalue weighted by Crippen LogP contribution is 2.06. The van der Waals surface area contributed by atoms with Crippen LogP contribution < -0.4 is 38.9 Å². The van der Waals surface area contributed by atoms with Crippen molar-refractivity contribution in [1.82, 2.24) is 16.0 Å². The Bertz CT molecular complexity index is 729. The Labute approximate surface area is 196 Å². The minimum atomic E-state index is -1.54. The molecule has 188 valence electrons. The lowest BCUT2D eigenvalue weighted by molar-refractivity contribution is -0.143. The zero-order valence-electron chi connectivity index (χ0n) is 18.7. The first-order chi connectivity index (χ1) is 15.4. The second kappa shape index (κ2) is 15.7. The van der Waals surface area contributed by atoms with Crippen LogP contribution in [-0.2, 0) is 24.0 Å². The molecule has 14 nitrogen and oxygen atoms in total. The number of carboxylic acid groups (broad SMARTS) is 1. The summed E-state index contributed by atoms with van der Waals surface area (Å²) in [5.41, 5.74) is 21.1. The number of amides is 4. The monoisotopic (exact) mass is 490 g/mol. The maximum absolute atomic E-state index is 12.9. The summed E-state index contributed by atoms with van der Waals surface area (Å²) in [5.74, 6) is -4.05. The molecular formula is C18H34N8O6S. The zero-order chi connectivity index (χ0) is 25.6. The number of nitrogens with two attached hydrogens (primary N) is 4. The molecule has 4 atom stereocenters. The van der Waals surface area contributed by atoms with Crippen molar-refractivity contribution in [3.05, 3.63) is 0 Å².